The SMILES string of the molecule is CC(C)(COCCC(=O)Oc1c(F)c(F)c(F)c(F)c1F)N=[N+]=[N-]. The van der Waals surface area contributed by atoms with E-state index in [9.17, 15) is 26.7 Å². The van der Waals surface area contributed by atoms with Crippen LogP contribution in [0.1, 0.15) is 20.3 Å². The Morgan fingerprint density at radius 1 is 1.08 bits per heavy atom. The molecule has 6 nitrogen and oxygen atoms in total. The van der Waals surface area contributed by atoms with Gasteiger partial charge in [0.05, 0.1) is 25.2 Å². The van der Waals surface area contributed by atoms with Crippen molar-refractivity contribution in [2.24, 2.45) is 5.11 Å². The lowest BCUT2D eigenvalue weighted by molar-refractivity contribution is -0.136. The lowest BCUT2D eigenvalue weighted by Crippen LogP contribution is -2.24. The first-order valence-corrected chi connectivity index (χ1v) is 6.47. The molecule has 0 saturated carbocycles. The summed E-state index contributed by atoms with van der Waals surface area (Å²) in [5, 5.41) is 3.41. The molecule has 0 unspecified atom stereocenters. The van der Waals surface area contributed by atoms with Crippen LogP contribution in [0.3, 0.4) is 0 Å². The first kappa shape index (κ1) is 19.7. The monoisotopic (exact) mass is 353 g/mol. The predicted molar refractivity (Wildman–Crippen MR) is 70.5 cm³/mol. The van der Waals surface area contributed by atoms with Crippen molar-refractivity contribution in [1.29, 1.82) is 0 Å². The summed E-state index contributed by atoms with van der Waals surface area (Å²) in [6, 6.07) is 0. The molecule has 0 radical (unpaired) electrons. The Balaban J connectivity index is 2.66. The fourth-order valence-corrected chi connectivity index (χ4v) is 1.47. The molecule has 0 saturated heterocycles. The number of benzene rings is 1. The smallest absolute Gasteiger partial charge is 0.313 e. The maximum absolute atomic E-state index is 13.3. The van der Waals surface area contributed by atoms with Crippen LogP contribution >= 0.6 is 0 Å². The molecule has 1 aromatic carbocycles. The van der Waals surface area contributed by atoms with Crippen LogP contribution in [0.25, 0.3) is 10.4 Å². The number of hydrogen-bond donors (Lipinski definition) is 0. The number of hydrogen-bond acceptors (Lipinski definition) is 4. The minimum atomic E-state index is -2.35. The highest BCUT2D eigenvalue weighted by Crippen LogP contribution is 2.29. The van der Waals surface area contributed by atoms with Gasteiger partial charge in [0.1, 0.15) is 0 Å². The molecule has 0 aliphatic heterocycles. The quantitative estimate of drug-likeness (QED) is 0.0860. The number of esters is 1. The second-order valence-electron chi connectivity index (χ2n) is 5.18. The molecule has 0 fully saturated rings. The van der Waals surface area contributed by atoms with Gasteiger partial charge in [-0.3, -0.25) is 4.79 Å². The average Bonchev–Trinajstić information content (AvgIpc) is 2.52. The zero-order valence-electron chi connectivity index (χ0n) is 12.6. The third kappa shape index (κ3) is 4.80. The Hall–Kier alpha value is -2.39. The summed E-state index contributed by atoms with van der Waals surface area (Å²) in [7, 11) is 0. The van der Waals surface area contributed by atoms with Gasteiger partial charge >= 0.3 is 5.97 Å². The molecule has 132 valence electrons. The molecule has 0 heterocycles. The molecule has 11 heteroatoms. The molecular weight excluding hydrogens is 341 g/mol. The van der Waals surface area contributed by atoms with E-state index in [2.05, 4.69) is 14.8 Å². The molecule has 0 N–H and O–H groups in total. The van der Waals surface area contributed by atoms with Crippen molar-refractivity contribution in [3.05, 3.63) is 39.5 Å². The highest BCUT2D eigenvalue weighted by Gasteiger charge is 2.28. The van der Waals surface area contributed by atoms with Gasteiger partial charge in [-0.25, -0.2) is 13.2 Å². The molecule has 0 amide bonds. The van der Waals surface area contributed by atoms with Crippen molar-refractivity contribution in [3.8, 4) is 5.75 Å². The highest BCUT2D eigenvalue weighted by atomic mass is 19.2. The van der Waals surface area contributed by atoms with Crippen LogP contribution in [0.4, 0.5) is 22.0 Å². The van der Waals surface area contributed by atoms with E-state index in [4.69, 9.17) is 10.3 Å². The van der Waals surface area contributed by atoms with E-state index in [1.165, 1.54) is 0 Å². The number of ether oxygens (including phenoxy) is 2. The average molecular weight is 353 g/mol. The zero-order chi connectivity index (χ0) is 18.5. The first-order chi connectivity index (χ1) is 11.1. The van der Waals surface area contributed by atoms with Crippen molar-refractivity contribution in [2.45, 2.75) is 25.8 Å². The van der Waals surface area contributed by atoms with E-state index in [1.54, 1.807) is 13.8 Å². The van der Waals surface area contributed by atoms with Crippen molar-refractivity contribution in [3.63, 3.8) is 0 Å². The van der Waals surface area contributed by atoms with Gasteiger partial charge in [0.25, 0.3) is 0 Å². The molecular formula is C13H12F5N3O3. The van der Waals surface area contributed by atoms with Crippen LogP contribution in [0, 0.1) is 29.1 Å². The molecule has 0 aliphatic rings. The second kappa shape index (κ2) is 7.93. The Labute approximate surface area is 132 Å². The summed E-state index contributed by atoms with van der Waals surface area (Å²) in [4.78, 5) is 14.0. The lowest BCUT2D eigenvalue weighted by Gasteiger charge is -2.17. The number of halogens is 5. The molecule has 0 aliphatic carbocycles. The van der Waals surface area contributed by atoms with E-state index >= 15 is 0 Å². The maximum Gasteiger partial charge on any atom is 0.313 e. The van der Waals surface area contributed by atoms with Gasteiger partial charge in [0.2, 0.25) is 34.8 Å². The molecule has 1 aromatic rings. The van der Waals surface area contributed by atoms with Gasteiger partial charge in [-0.1, -0.05) is 19.0 Å². The van der Waals surface area contributed by atoms with Crippen molar-refractivity contribution in [1.82, 2.24) is 0 Å². The summed E-state index contributed by atoms with van der Waals surface area (Å²) in [5.74, 6) is -14.2. The van der Waals surface area contributed by atoms with Crippen LogP contribution < -0.4 is 4.74 Å². The minimum Gasteiger partial charge on any atom is -0.420 e. The largest absolute Gasteiger partial charge is 0.420 e. The molecule has 1 rings (SSSR count). The Kier molecular flexibility index (Phi) is 6.50. The standard InChI is InChI=1S/C13H12F5N3O3/c1-13(2,20-21-19)5-23-4-3-6(22)24-12-10(17)8(15)7(14)9(16)11(12)18/h3-5H2,1-2H3. The number of carbonyl (C=O) groups is 1. The van der Waals surface area contributed by atoms with Crippen molar-refractivity contribution < 1.29 is 36.2 Å². The minimum absolute atomic E-state index is 0.0626. The topological polar surface area (TPSA) is 84.3 Å². The molecule has 0 aromatic heterocycles. The van der Waals surface area contributed by atoms with Gasteiger partial charge in [-0.2, -0.15) is 8.78 Å². The Bertz CT molecular complexity index is 661. The number of nitrogens with zero attached hydrogens (tertiary/aromatic N) is 3. The summed E-state index contributed by atoms with van der Waals surface area (Å²) >= 11 is 0. The summed E-state index contributed by atoms with van der Waals surface area (Å²) < 4.78 is 74.6. The first-order valence-electron chi connectivity index (χ1n) is 6.47. The molecule has 0 atom stereocenters. The van der Waals surface area contributed by atoms with Crippen LogP contribution in [-0.2, 0) is 9.53 Å². The van der Waals surface area contributed by atoms with Crippen molar-refractivity contribution >= 4 is 5.97 Å². The maximum atomic E-state index is 13.3. The third-order valence-electron chi connectivity index (χ3n) is 2.61. The van der Waals surface area contributed by atoms with Gasteiger partial charge in [-0.05, 0) is 5.53 Å². The number of rotatable bonds is 7. The number of carbonyl (C=O) groups excluding carboxylic acids is 1. The normalized spacial score (nSPS) is 11.1. The molecule has 0 spiro atoms. The fraction of sp³-hybridized carbons (Fsp3) is 0.462. The van der Waals surface area contributed by atoms with Crippen LogP contribution in [0.15, 0.2) is 5.11 Å². The molecule has 24 heavy (non-hydrogen) atoms. The van der Waals surface area contributed by atoms with Crippen LogP contribution in [0.5, 0.6) is 5.75 Å². The number of azide groups is 1. The van der Waals surface area contributed by atoms with Gasteiger partial charge in [0, 0.05) is 4.91 Å². The van der Waals surface area contributed by atoms with Gasteiger partial charge in [-0.15, -0.1) is 0 Å². The van der Waals surface area contributed by atoms with E-state index in [0.29, 0.717) is 0 Å². The van der Waals surface area contributed by atoms with E-state index < -0.39 is 52.8 Å². The highest BCUT2D eigenvalue weighted by molar-refractivity contribution is 5.72. The third-order valence-corrected chi connectivity index (χ3v) is 2.61. The van der Waals surface area contributed by atoms with Crippen molar-refractivity contribution in [2.75, 3.05) is 13.2 Å². The van der Waals surface area contributed by atoms with E-state index in [1.807, 2.05) is 0 Å². The second-order valence-corrected chi connectivity index (χ2v) is 5.18. The summed E-state index contributed by atoms with van der Waals surface area (Å²) in [5.41, 5.74) is 7.41. The molecule has 0 bridgehead atoms. The van der Waals surface area contributed by atoms with Crippen LogP contribution in [-0.4, -0.2) is 24.7 Å². The van der Waals surface area contributed by atoms with Gasteiger partial charge < -0.3 is 9.47 Å². The van der Waals surface area contributed by atoms with E-state index in [0.717, 1.165) is 0 Å². The Morgan fingerprint density at radius 3 is 2.08 bits per heavy atom. The van der Waals surface area contributed by atoms with E-state index in [-0.39, 0.29) is 13.2 Å². The summed E-state index contributed by atoms with van der Waals surface area (Å²) in [6.07, 6.45) is -0.522. The van der Waals surface area contributed by atoms with Crippen LogP contribution in [0.2, 0.25) is 0 Å². The Morgan fingerprint density at radius 2 is 1.58 bits per heavy atom. The predicted octanol–water partition coefficient (Wildman–Crippen LogP) is 3.78. The van der Waals surface area contributed by atoms with Gasteiger partial charge in [0.15, 0.2) is 0 Å². The fourth-order valence-electron chi connectivity index (χ4n) is 1.47. The lowest BCUT2D eigenvalue weighted by atomic mass is 10.1. The summed E-state index contributed by atoms with van der Waals surface area (Å²) in [6.45, 7) is 2.77. The zero-order valence-corrected chi connectivity index (χ0v) is 12.6.